The zero-order valence-electron chi connectivity index (χ0n) is 17.0. The van der Waals surface area contributed by atoms with Crippen LogP contribution in [0.1, 0.15) is 41.5 Å². The van der Waals surface area contributed by atoms with Crippen LogP contribution in [0.3, 0.4) is 0 Å². The van der Waals surface area contributed by atoms with Crippen LogP contribution in [0.4, 0.5) is 0 Å². The number of carbonyl (C=O) groups excluding carboxylic acids is 6. The lowest BCUT2D eigenvalue weighted by Crippen LogP contribution is -2.55. The number of ketones is 1. The number of amides is 1. The number of rotatable bonds is 10. The van der Waals surface area contributed by atoms with Gasteiger partial charge in [0.25, 0.3) is 6.29 Å². The molecule has 162 valence electrons. The highest BCUT2D eigenvalue weighted by Crippen LogP contribution is 2.19. The normalized spacial score (nSPS) is 13.8. The van der Waals surface area contributed by atoms with E-state index in [-0.39, 0.29) is 5.78 Å². The SMILES string of the molecule is CC(=O)/C=C/[C@H](NC(C)=O)[C@@H](OC(C)=O)[C@H](OC(C)=O)C(OC(C)=O)OC(C)=O. The van der Waals surface area contributed by atoms with Crippen molar-refractivity contribution < 1.29 is 47.7 Å². The summed E-state index contributed by atoms with van der Waals surface area (Å²) in [5.41, 5.74) is 0. The summed E-state index contributed by atoms with van der Waals surface area (Å²) in [5.74, 6) is -4.45. The van der Waals surface area contributed by atoms with E-state index in [4.69, 9.17) is 18.9 Å². The monoisotopic (exact) mass is 415 g/mol. The Morgan fingerprint density at radius 3 is 1.41 bits per heavy atom. The quantitative estimate of drug-likeness (QED) is 0.222. The minimum Gasteiger partial charge on any atom is -0.456 e. The van der Waals surface area contributed by atoms with Crippen molar-refractivity contribution in [3.63, 3.8) is 0 Å². The molecule has 0 saturated heterocycles. The lowest BCUT2D eigenvalue weighted by molar-refractivity contribution is -0.227. The average Bonchev–Trinajstić information content (AvgIpc) is 2.52. The third kappa shape index (κ3) is 11.3. The van der Waals surface area contributed by atoms with Crippen molar-refractivity contribution in [1.29, 1.82) is 0 Å². The van der Waals surface area contributed by atoms with Gasteiger partial charge in [0, 0.05) is 34.6 Å². The number of hydrogen-bond donors (Lipinski definition) is 1. The molecule has 1 N–H and O–H groups in total. The van der Waals surface area contributed by atoms with Crippen LogP contribution in [0, 0.1) is 0 Å². The molecule has 1 amide bonds. The van der Waals surface area contributed by atoms with Crippen LogP contribution >= 0.6 is 0 Å². The maximum atomic E-state index is 11.7. The van der Waals surface area contributed by atoms with E-state index in [2.05, 4.69) is 5.32 Å². The molecule has 0 radical (unpaired) electrons. The van der Waals surface area contributed by atoms with Crippen molar-refractivity contribution in [2.45, 2.75) is 66.1 Å². The Labute approximate surface area is 167 Å². The molecule has 3 atom stereocenters. The molecule has 0 aliphatic heterocycles. The fraction of sp³-hybridized carbons (Fsp3) is 0.556. The molecule has 0 aliphatic carbocycles. The standard InChI is InChI=1S/C18H25NO10/c1-9(20)7-8-15(19-10(2)21)16(26-11(3)22)17(27-12(4)23)18(28-13(5)24)29-14(6)25/h7-8,15-18H,1-6H3,(H,19,21)/b8-7+/t15-,16+,17-/m0/s1. The molecule has 0 rings (SSSR count). The average molecular weight is 415 g/mol. The van der Waals surface area contributed by atoms with Crippen molar-refractivity contribution in [3.8, 4) is 0 Å². The topological polar surface area (TPSA) is 151 Å². The first kappa shape index (κ1) is 25.8. The van der Waals surface area contributed by atoms with Crippen LogP contribution in [0.5, 0.6) is 0 Å². The highest BCUT2D eigenvalue weighted by atomic mass is 16.7. The van der Waals surface area contributed by atoms with E-state index in [1.165, 1.54) is 13.0 Å². The van der Waals surface area contributed by atoms with Crippen molar-refractivity contribution >= 4 is 35.6 Å². The number of hydrogen-bond acceptors (Lipinski definition) is 10. The van der Waals surface area contributed by atoms with Crippen LogP contribution in [0.15, 0.2) is 12.2 Å². The molecular weight excluding hydrogens is 390 g/mol. The molecule has 0 bridgehead atoms. The Bertz CT molecular complexity index is 668. The van der Waals surface area contributed by atoms with E-state index in [0.717, 1.165) is 40.7 Å². The summed E-state index contributed by atoms with van der Waals surface area (Å²) in [6, 6.07) is -1.20. The number of allylic oxidation sites excluding steroid dienone is 1. The first-order chi connectivity index (χ1) is 13.3. The van der Waals surface area contributed by atoms with E-state index in [9.17, 15) is 28.8 Å². The minimum absolute atomic E-state index is 0.387. The molecule has 0 aliphatic rings. The molecular formula is C18H25NO10. The summed E-state index contributed by atoms with van der Waals surface area (Å²) in [4.78, 5) is 69.1. The smallest absolute Gasteiger partial charge is 0.305 e. The van der Waals surface area contributed by atoms with Crippen LogP contribution in [-0.2, 0) is 47.7 Å². The molecule has 0 aromatic carbocycles. The van der Waals surface area contributed by atoms with Gasteiger partial charge in [-0.15, -0.1) is 0 Å². The maximum absolute atomic E-state index is 11.7. The van der Waals surface area contributed by atoms with Gasteiger partial charge >= 0.3 is 23.9 Å². The lowest BCUT2D eigenvalue weighted by atomic mass is 10.0. The van der Waals surface area contributed by atoms with Gasteiger partial charge in [-0.1, -0.05) is 6.08 Å². The fourth-order valence-corrected chi connectivity index (χ4v) is 2.20. The summed E-state index contributed by atoms with van der Waals surface area (Å²) in [6.45, 7) is 6.51. The van der Waals surface area contributed by atoms with Gasteiger partial charge in [-0.25, -0.2) is 0 Å². The molecule has 0 aromatic heterocycles. The van der Waals surface area contributed by atoms with Crippen LogP contribution < -0.4 is 5.32 Å². The Balaban J connectivity index is 6.35. The van der Waals surface area contributed by atoms with Gasteiger partial charge in [-0.3, -0.25) is 28.8 Å². The molecule has 0 saturated carbocycles. The first-order valence-corrected chi connectivity index (χ1v) is 8.48. The third-order valence-electron chi connectivity index (χ3n) is 3.02. The molecule has 0 heterocycles. The summed E-state index contributed by atoms with van der Waals surface area (Å²) in [6.07, 6.45) is -2.67. The summed E-state index contributed by atoms with van der Waals surface area (Å²) in [7, 11) is 0. The van der Waals surface area contributed by atoms with Gasteiger partial charge in [0.05, 0.1) is 6.04 Å². The van der Waals surface area contributed by atoms with E-state index in [0.29, 0.717) is 0 Å². The Kier molecular flexibility index (Phi) is 10.9. The van der Waals surface area contributed by atoms with Crippen molar-refractivity contribution in [3.05, 3.63) is 12.2 Å². The van der Waals surface area contributed by atoms with Crippen molar-refractivity contribution in [1.82, 2.24) is 5.32 Å². The highest BCUT2D eigenvalue weighted by molar-refractivity contribution is 5.87. The second kappa shape index (κ2) is 12.3. The molecule has 11 nitrogen and oxygen atoms in total. The molecule has 0 spiro atoms. The van der Waals surface area contributed by atoms with E-state index in [1.807, 2.05) is 0 Å². The van der Waals surface area contributed by atoms with Gasteiger partial charge in [-0.05, 0) is 13.0 Å². The number of esters is 4. The van der Waals surface area contributed by atoms with E-state index < -0.39 is 54.3 Å². The molecule has 0 aromatic rings. The van der Waals surface area contributed by atoms with Crippen molar-refractivity contribution in [2.75, 3.05) is 0 Å². The second-order valence-electron chi connectivity index (χ2n) is 5.93. The summed E-state index contributed by atoms with van der Waals surface area (Å²) in [5, 5.41) is 2.43. The van der Waals surface area contributed by atoms with Gasteiger partial charge < -0.3 is 24.3 Å². The van der Waals surface area contributed by atoms with Crippen LogP contribution in [-0.4, -0.2) is 60.1 Å². The zero-order valence-corrected chi connectivity index (χ0v) is 17.0. The van der Waals surface area contributed by atoms with Crippen LogP contribution in [0.25, 0.3) is 0 Å². The lowest BCUT2D eigenvalue weighted by Gasteiger charge is -2.34. The van der Waals surface area contributed by atoms with Gasteiger partial charge in [0.15, 0.2) is 11.9 Å². The molecule has 0 unspecified atom stereocenters. The Hall–Kier alpha value is -3.24. The third-order valence-corrected chi connectivity index (χ3v) is 3.02. The maximum Gasteiger partial charge on any atom is 0.305 e. The first-order valence-electron chi connectivity index (χ1n) is 8.48. The van der Waals surface area contributed by atoms with Crippen LogP contribution in [0.2, 0.25) is 0 Å². The van der Waals surface area contributed by atoms with Crippen molar-refractivity contribution in [2.24, 2.45) is 0 Å². The van der Waals surface area contributed by atoms with E-state index >= 15 is 0 Å². The fourth-order valence-electron chi connectivity index (χ4n) is 2.20. The van der Waals surface area contributed by atoms with Gasteiger partial charge in [0.2, 0.25) is 12.0 Å². The predicted molar refractivity (Wildman–Crippen MR) is 95.9 cm³/mol. The Morgan fingerprint density at radius 2 is 1.07 bits per heavy atom. The minimum atomic E-state index is -1.79. The molecule has 0 fully saturated rings. The second-order valence-corrected chi connectivity index (χ2v) is 5.93. The number of nitrogens with one attached hydrogen (secondary N) is 1. The van der Waals surface area contributed by atoms with Gasteiger partial charge in [-0.2, -0.15) is 0 Å². The largest absolute Gasteiger partial charge is 0.456 e. The highest BCUT2D eigenvalue weighted by Gasteiger charge is 2.43. The van der Waals surface area contributed by atoms with E-state index in [1.54, 1.807) is 0 Å². The number of ether oxygens (including phenoxy) is 4. The predicted octanol–water partition coefficient (Wildman–Crippen LogP) is -0.0480. The summed E-state index contributed by atoms with van der Waals surface area (Å²) >= 11 is 0. The number of carbonyl (C=O) groups is 6. The molecule has 11 heteroatoms. The Morgan fingerprint density at radius 1 is 0.655 bits per heavy atom. The summed E-state index contributed by atoms with van der Waals surface area (Å²) < 4.78 is 20.1. The molecule has 29 heavy (non-hydrogen) atoms. The van der Waals surface area contributed by atoms with Gasteiger partial charge in [0.1, 0.15) is 0 Å². The zero-order chi connectivity index (χ0) is 22.7.